The minimum atomic E-state index is -1.18. The van der Waals surface area contributed by atoms with E-state index >= 15 is 0 Å². The molecule has 0 aromatic heterocycles. The quantitative estimate of drug-likeness (QED) is 0.652. The van der Waals surface area contributed by atoms with Gasteiger partial charge in [0.1, 0.15) is 0 Å². The van der Waals surface area contributed by atoms with Gasteiger partial charge < -0.3 is 0 Å². The third-order valence-electron chi connectivity index (χ3n) is 5.21. The van der Waals surface area contributed by atoms with Gasteiger partial charge in [0.05, 0.1) is 16.1 Å². The van der Waals surface area contributed by atoms with E-state index in [-0.39, 0.29) is 0 Å². The average molecular weight is 334 g/mol. The highest BCUT2D eigenvalue weighted by Gasteiger charge is 2.41. The van der Waals surface area contributed by atoms with E-state index in [1.807, 2.05) is 0 Å². The molecule has 1 fully saturated rings. The fourth-order valence-electron chi connectivity index (χ4n) is 4.10. The molecule has 2 unspecified atom stereocenters. The summed E-state index contributed by atoms with van der Waals surface area (Å²) in [6.45, 7) is 16.6. The van der Waals surface area contributed by atoms with Crippen LogP contribution in [0.15, 0.2) is 30.3 Å². The van der Waals surface area contributed by atoms with E-state index in [9.17, 15) is 0 Å². The number of benzene rings is 1. The summed E-state index contributed by atoms with van der Waals surface area (Å²) in [5, 5.41) is 0. The minimum Gasteiger partial charge on any atom is -0.299 e. The van der Waals surface area contributed by atoms with Gasteiger partial charge in [0.25, 0.3) is 0 Å². The lowest BCUT2D eigenvalue weighted by Crippen LogP contribution is -2.59. The monoisotopic (exact) mass is 333 g/mol. The summed E-state index contributed by atoms with van der Waals surface area (Å²) in [6.07, 6.45) is 5.70. The van der Waals surface area contributed by atoms with E-state index in [0.29, 0.717) is 0 Å². The summed E-state index contributed by atoms with van der Waals surface area (Å²) >= 11 is 0. The van der Waals surface area contributed by atoms with Crippen molar-refractivity contribution < 1.29 is 0 Å². The summed E-state index contributed by atoms with van der Waals surface area (Å²) in [5.74, 6) is 0. The molecule has 1 saturated heterocycles. The third kappa shape index (κ3) is 4.56. The van der Waals surface area contributed by atoms with Crippen LogP contribution in [0.1, 0.15) is 31.2 Å². The average Bonchev–Trinajstić information content (AvgIpc) is 2.61. The van der Waals surface area contributed by atoms with Crippen LogP contribution in [0.4, 0.5) is 0 Å². The fraction of sp³-hybridized carbons (Fsp3) is 0.684. The SMILES string of the molecule is C[Si](C)(C)C1CCCCC([Si](C)(C)C)N1Cc1ccccc1. The van der Waals surface area contributed by atoms with Crippen LogP contribution in [0.2, 0.25) is 39.3 Å². The van der Waals surface area contributed by atoms with Crippen molar-refractivity contribution in [3.63, 3.8) is 0 Å². The maximum Gasteiger partial charge on any atom is 0.0638 e. The first-order chi connectivity index (χ1) is 10.2. The molecule has 1 heterocycles. The molecule has 0 saturated carbocycles. The van der Waals surface area contributed by atoms with E-state index in [0.717, 1.165) is 17.9 Å². The molecule has 0 radical (unpaired) electrons. The maximum atomic E-state index is 2.96. The van der Waals surface area contributed by atoms with Crippen molar-refractivity contribution in [2.75, 3.05) is 0 Å². The van der Waals surface area contributed by atoms with Crippen molar-refractivity contribution in [3.8, 4) is 0 Å². The van der Waals surface area contributed by atoms with Crippen LogP contribution in [-0.4, -0.2) is 32.4 Å². The Labute approximate surface area is 140 Å². The first-order valence-electron chi connectivity index (χ1n) is 8.99. The molecular formula is C19H35NSi2. The zero-order chi connectivity index (χ0) is 16.4. The molecule has 1 aliphatic rings. The molecule has 0 bridgehead atoms. The van der Waals surface area contributed by atoms with Crippen molar-refractivity contribution in [2.45, 2.75) is 82.8 Å². The van der Waals surface area contributed by atoms with Gasteiger partial charge in [0.2, 0.25) is 0 Å². The maximum absolute atomic E-state index is 2.96. The van der Waals surface area contributed by atoms with Crippen molar-refractivity contribution in [1.29, 1.82) is 0 Å². The predicted octanol–water partition coefficient (Wildman–Crippen LogP) is 5.55. The Balaban J connectivity index is 2.35. The molecule has 1 aromatic rings. The minimum absolute atomic E-state index is 0.840. The van der Waals surface area contributed by atoms with Crippen LogP contribution < -0.4 is 0 Å². The Bertz CT molecular complexity index is 435. The highest BCUT2D eigenvalue weighted by atomic mass is 28.3. The van der Waals surface area contributed by atoms with Crippen molar-refractivity contribution in [3.05, 3.63) is 35.9 Å². The molecule has 1 nitrogen and oxygen atoms in total. The zero-order valence-corrected chi connectivity index (χ0v) is 17.5. The second kappa shape index (κ2) is 7.02. The van der Waals surface area contributed by atoms with Gasteiger partial charge in [-0.25, -0.2) is 0 Å². The molecular weight excluding hydrogens is 298 g/mol. The molecule has 1 aliphatic heterocycles. The normalized spacial score (nSPS) is 25.0. The predicted molar refractivity (Wildman–Crippen MR) is 105 cm³/mol. The van der Waals surface area contributed by atoms with E-state index in [4.69, 9.17) is 0 Å². The van der Waals surface area contributed by atoms with Crippen molar-refractivity contribution in [2.24, 2.45) is 0 Å². The van der Waals surface area contributed by atoms with Crippen molar-refractivity contribution >= 4 is 16.1 Å². The van der Waals surface area contributed by atoms with E-state index in [2.05, 4.69) is 74.5 Å². The van der Waals surface area contributed by atoms with E-state index in [1.165, 1.54) is 31.2 Å². The van der Waals surface area contributed by atoms with Crippen LogP contribution in [0.3, 0.4) is 0 Å². The molecule has 0 spiro atoms. The number of likely N-dealkylation sites (tertiary alicyclic amines) is 1. The summed E-state index contributed by atoms with van der Waals surface area (Å²) in [5.41, 5.74) is 3.18. The molecule has 0 aliphatic carbocycles. The van der Waals surface area contributed by atoms with Crippen molar-refractivity contribution in [1.82, 2.24) is 4.90 Å². The summed E-state index contributed by atoms with van der Waals surface area (Å²) in [4.78, 5) is 2.96. The smallest absolute Gasteiger partial charge is 0.0638 e. The first kappa shape index (κ1) is 18.0. The molecule has 124 valence electrons. The van der Waals surface area contributed by atoms with Gasteiger partial charge in [-0.15, -0.1) is 0 Å². The number of nitrogens with zero attached hydrogens (tertiary/aromatic N) is 1. The van der Waals surface area contributed by atoms with Gasteiger partial charge in [0.15, 0.2) is 0 Å². The van der Waals surface area contributed by atoms with Gasteiger partial charge in [-0.1, -0.05) is 82.5 Å². The number of rotatable bonds is 4. The van der Waals surface area contributed by atoms with Gasteiger partial charge in [-0.05, 0) is 18.4 Å². The molecule has 0 amide bonds. The third-order valence-corrected chi connectivity index (χ3v) is 10.5. The van der Waals surface area contributed by atoms with Crippen LogP contribution >= 0.6 is 0 Å². The summed E-state index contributed by atoms with van der Waals surface area (Å²) < 4.78 is 0. The molecule has 2 rings (SSSR count). The fourth-order valence-corrected chi connectivity index (χ4v) is 8.92. The van der Waals surface area contributed by atoms with Crippen LogP contribution in [0.25, 0.3) is 0 Å². The Kier molecular flexibility index (Phi) is 5.73. The first-order valence-corrected chi connectivity index (χ1v) is 16.1. The van der Waals surface area contributed by atoms with Gasteiger partial charge >= 0.3 is 0 Å². The second-order valence-electron chi connectivity index (χ2n) is 9.21. The van der Waals surface area contributed by atoms with Crippen LogP contribution in [0.5, 0.6) is 0 Å². The second-order valence-corrected chi connectivity index (χ2v) is 20.0. The topological polar surface area (TPSA) is 3.24 Å². The Morgan fingerprint density at radius 3 is 1.68 bits per heavy atom. The molecule has 2 atom stereocenters. The summed E-state index contributed by atoms with van der Waals surface area (Å²) in [6, 6.07) is 11.2. The van der Waals surface area contributed by atoms with E-state index < -0.39 is 16.1 Å². The highest BCUT2D eigenvalue weighted by Crippen LogP contribution is 2.33. The Hall–Kier alpha value is -0.386. The van der Waals surface area contributed by atoms with E-state index in [1.54, 1.807) is 0 Å². The molecule has 22 heavy (non-hydrogen) atoms. The molecule has 3 heteroatoms. The lowest BCUT2D eigenvalue weighted by atomic mass is 10.2. The van der Waals surface area contributed by atoms with Gasteiger partial charge in [-0.2, -0.15) is 0 Å². The Morgan fingerprint density at radius 1 is 0.818 bits per heavy atom. The number of hydrogen-bond acceptors (Lipinski definition) is 1. The summed E-state index contributed by atoms with van der Waals surface area (Å²) in [7, 11) is -2.36. The largest absolute Gasteiger partial charge is 0.299 e. The standard InChI is InChI=1S/C19H35NSi2/c1-21(2,3)18-14-10-11-15-19(22(4,5)6)20(18)16-17-12-8-7-9-13-17/h7-9,12-13,18-19H,10-11,14-16H2,1-6H3. The molecule has 0 N–H and O–H groups in total. The molecule has 1 aromatic carbocycles. The highest BCUT2D eigenvalue weighted by molar-refractivity contribution is 6.79. The Morgan fingerprint density at radius 2 is 1.27 bits per heavy atom. The van der Waals surface area contributed by atoms with Gasteiger partial charge in [0, 0.05) is 17.9 Å². The number of hydrogen-bond donors (Lipinski definition) is 0. The van der Waals surface area contributed by atoms with Crippen LogP contribution in [0, 0.1) is 0 Å². The van der Waals surface area contributed by atoms with Gasteiger partial charge in [-0.3, -0.25) is 4.90 Å². The lowest BCUT2D eigenvalue weighted by molar-refractivity contribution is 0.207. The lowest BCUT2D eigenvalue weighted by Gasteiger charge is -2.46. The van der Waals surface area contributed by atoms with Crippen LogP contribution in [-0.2, 0) is 6.54 Å². The zero-order valence-electron chi connectivity index (χ0n) is 15.5.